The zero-order chi connectivity index (χ0) is 25.5. The number of aryl methyl sites for hydroxylation is 1. The van der Waals surface area contributed by atoms with Gasteiger partial charge in [0, 0.05) is 58.6 Å². The van der Waals surface area contributed by atoms with Crippen molar-refractivity contribution in [2.24, 2.45) is 7.05 Å². The second-order valence-electron chi connectivity index (χ2n) is 11.6. The predicted octanol–water partition coefficient (Wildman–Crippen LogP) is 5.21. The third-order valence-electron chi connectivity index (χ3n) is 9.31. The van der Waals surface area contributed by atoms with Crippen LogP contribution in [0.2, 0.25) is 0 Å². The van der Waals surface area contributed by atoms with Gasteiger partial charge in [0.2, 0.25) is 0 Å². The molecule has 0 bridgehead atoms. The van der Waals surface area contributed by atoms with Gasteiger partial charge in [0.05, 0.1) is 31.4 Å². The van der Waals surface area contributed by atoms with Crippen LogP contribution in [-0.4, -0.2) is 65.9 Å². The smallest absolute Gasteiger partial charge is 0.195 e. The summed E-state index contributed by atoms with van der Waals surface area (Å²) in [5.41, 5.74) is 4.17. The minimum atomic E-state index is -0.349. The lowest BCUT2D eigenvalue weighted by molar-refractivity contribution is -0.123. The van der Waals surface area contributed by atoms with E-state index in [0.717, 1.165) is 95.7 Å². The normalized spacial score (nSPS) is 24.8. The molecule has 2 aromatic carbocycles. The fourth-order valence-corrected chi connectivity index (χ4v) is 7.52. The van der Waals surface area contributed by atoms with Crippen LogP contribution in [0, 0.1) is 0 Å². The summed E-state index contributed by atoms with van der Waals surface area (Å²) in [6.45, 7) is 8.93. The van der Waals surface area contributed by atoms with Gasteiger partial charge in [-0.2, -0.15) is 0 Å². The van der Waals surface area contributed by atoms with Gasteiger partial charge in [-0.25, -0.2) is 0 Å². The van der Waals surface area contributed by atoms with Crippen molar-refractivity contribution in [3.8, 4) is 5.75 Å². The Bertz CT molecular complexity index is 1410. The van der Waals surface area contributed by atoms with Crippen molar-refractivity contribution in [2.45, 2.75) is 56.3 Å². The summed E-state index contributed by atoms with van der Waals surface area (Å²) in [4.78, 5) is 16.4. The summed E-state index contributed by atoms with van der Waals surface area (Å²) in [7, 11) is 2.07. The minimum absolute atomic E-state index is 0.0262. The number of benzene rings is 2. The summed E-state index contributed by atoms with van der Waals surface area (Å²) < 4.78 is 21.7. The Labute approximate surface area is 226 Å². The van der Waals surface area contributed by atoms with Crippen molar-refractivity contribution in [1.82, 2.24) is 9.47 Å². The molecule has 3 fully saturated rings. The van der Waals surface area contributed by atoms with Crippen LogP contribution in [0.25, 0.3) is 10.9 Å². The van der Waals surface area contributed by atoms with Crippen molar-refractivity contribution in [3.63, 3.8) is 0 Å². The van der Waals surface area contributed by atoms with Crippen LogP contribution in [0.15, 0.2) is 40.9 Å². The highest BCUT2D eigenvalue weighted by Crippen LogP contribution is 2.47. The highest BCUT2D eigenvalue weighted by molar-refractivity contribution is 9.10. The number of rotatable bonds is 3. The van der Waals surface area contributed by atoms with Gasteiger partial charge in [0.15, 0.2) is 5.78 Å². The maximum absolute atomic E-state index is 13.8. The topological polar surface area (TPSA) is 52.9 Å². The van der Waals surface area contributed by atoms with E-state index in [1.165, 1.54) is 0 Å². The van der Waals surface area contributed by atoms with E-state index in [2.05, 4.69) is 64.5 Å². The number of likely N-dealkylation sites (tertiary alicyclic amines) is 1. The molecule has 37 heavy (non-hydrogen) atoms. The first-order chi connectivity index (χ1) is 17.8. The maximum Gasteiger partial charge on any atom is 0.195 e. The molecule has 1 unspecified atom stereocenters. The van der Waals surface area contributed by atoms with Gasteiger partial charge < -0.3 is 18.8 Å². The number of piperidine rings is 1. The van der Waals surface area contributed by atoms with E-state index < -0.39 is 0 Å². The number of carbonyl (C=O) groups is 1. The average molecular weight is 566 g/mol. The fraction of sp³-hybridized carbons (Fsp3) is 0.500. The standard InChI is InChI=1S/C30H33BrN2O4/c1-29(2)23-15-20(37-25-8-13-36-30(25)9-11-33(12-10-30)19-16-35-17-19)5-7-21(23)27(34)26-22-6-4-18(31)14-24(22)32(3)28(26)29/h4-7,14-15,19,25H,8-13,16-17H2,1-3H3. The molecule has 7 rings (SSSR count). The van der Waals surface area contributed by atoms with E-state index in [4.69, 9.17) is 14.2 Å². The Balaban J connectivity index is 1.20. The second-order valence-corrected chi connectivity index (χ2v) is 12.6. The van der Waals surface area contributed by atoms with E-state index in [1.54, 1.807) is 0 Å². The van der Waals surface area contributed by atoms with Gasteiger partial charge >= 0.3 is 0 Å². The highest BCUT2D eigenvalue weighted by atomic mass is 79.9. The molecule has 1 aromatic heterocycles. The van der Waals surface area contributed by atoms with Crippen molar-refractivity contribution in [3.05, 3.63) is 63.3 Å². The predicted molar refractivity (Wildman–Crippen MR) is 146 cm³/mol. The molecule has 0 saturated carbocycles. The number of ketones is 1. The Morgan fingerprint density at radius 3 is 2.59 bits per heavy atom. The molecule has 0 N–H and O–H groups in total. The van der Waals surface area contributed by atoms with Crippen molar-refractivity contribution >= 4 is 32.6 Å². The molecule has 6 nitrogen and oxygen atoms in total. The van der Waals surface area contributed by atoms with E-state index in [1.807, 2.05) is 18.2 Å². The number of fused-ring (bicyclic) bond motifs is 4. The average Bonchev–Trinajstić information content (AvgIpc) is 3.36. The second kappa shape index (κ2) is 8.40. The minimum Gasteiger partial charge on any atom is -0.487 e. The van der Waals surface area contributed by atoms with E-state index in [9.17, 15) is 4.79 Å². The summed E-state index contributed by atoms with van der Waals surface area (Å²) in [6, 6.07) is 12.8. The molecular formula is C30H33BrN2O4. The summed E-state index contributed by atoms with van der Waals surface area (Å²) in [5, 5.41) is 1.01. The van der Waals surface area contributed by atoms with Gasteiger partial charge in [-0.1, -0.05) is 35.8 Å². The fourth-order valence-electron chi connectivity index (χ4n) is 7.17. The molecule has 4 aliphatic rings. The zero-order valence-electron chi connectivity index (χ0n) is 21.7. The molecule has 1 aliphatic carbocycles. The largest absolute Gasteiger partial charge is 0.487 e. The highest BCUT2D eigenvalue weighted by Gasteiger charge is 2.49. The van der Waals surface area contributed by atoms with Crippen LogP contribution < -0.4 is 4.74 Å². The molecule has 0 radical (unpaired) electrons. The molecule has 3 aromatic rings. The number of carbonyl (C=O) groups excluding carboxylic acids is 1. The number of ether oxygens (including phenoxy) is 3. The third-order valence-corrected chi connectivity index (χ3v) is 9.80. The molecule has 7 heteroatoms. The Kier molecular flexibility index (Phi) is 5.43. The van der Waals surface area contributed by atoms with Crippen LogP contribution >= 0.6 is 15.9 Å². The van der Waals surface area contributed by atoms with Gasteiger partial charge in [-0.05, 0) is 48.7 Å². The molecule has 1 atom stereocenters. The lowest BCUT2D eigenvalue weighted by Gasteiger charge is -2.46. The Hall–Kier alpha value is -2.19. The Morgan fingerprint density at radius 1 is 1.08 bits per heavy atom. The number of nitrogens with zero attached hydrogens (tertiary/aromatic N) is 2. The maximum atomic E-state index is 13.8. The van der Waals surface area contributed by atoms with Gasteiger partial charge in [-0.15, -0.1) is 0 Å². The summed E-state index contributed by atoms with van der Waals surface area (Å²) in [5.74, 6) is 0.922. The van der Waals surface area contributed by atoms with Gasteiger partial charge in [0.1, 0.15) is 17.5 Å². The lowest BCUT2D eigenvalue weighted by Crippen LogP contribution is -2.57. The Morgan fingerprint density at radius 2 is 1.86 bits per heavy atom. The molecular weight excluding hydrogens is 532 g/mol. The van der Waals surface area contributed by atoms with Crippen LogP contribution in [0.1, 0.15) is 60.3 Å². The molecule has 1 spiro atoms. The molecule has 194 valence electrons. The molecule has 3 saturated heterocycles. The van der Waals surface area contributed by atoms with Crippen LogP contribution in [0.4, 0.5) is 0 Å². The van der Waals surface area contributed by atoms with Crippen LogP contribution in [0.3, 0.4) is 0 Å². The van der Waals surface area contributed by atoms with E-state index >= 15 is 0 Å². The van der Waals surface area contributed by atoms with Crippen molar-refractivity contribution in [1.29, 1.82) is 0 Å². The number of aromatic nitrogens is 1. The zero-order valence-corrected chi connectivity index (χ0v) is 23.3. The number of hydrogen-bond acceptors (Lipinski definition) is 5. The number of halogens is 1. The SMILES string of the molecule is Cn1c2c(c3ccc(Br)cc31)C(=O)c1ccc(OC3CCOC34CCN(C3COC3)CC4)cc1C2(C)C. The first-order valence-corrected chi connectivity index (χ1v) is 14.2. The summed E-state index contributed by atoms with van der Waals surface area (Å²) in [6.07, 6.45) is 2.89. The van der Waals surface area contributed by atoms with Gasteiger partial charge in [-0.3, -0.25) is 9.69 Å². The number of hydrogen-bond donors (Lipinski definition) is 0. The first-order valence-electron chi connectivity index (χ1n) is 13.4. The molecule has 0 amide bonds. The molecule has 3 aliphatic heterocycles. The van der Waals surface area contributed by atoms with Crippen molar-refractivity contribution < 1.29 is 19.0 Å². The van der Waals surface area contributed by atoms with Crippen LogP contribution in [-0.2, 0) is 21.9 Å². The monoisotopic (exact) mass is 564 g/mol. The first kappa shape index (κ1) is 23.9. The third kappa shape index (κ3) is 3.50. The quantitative estimate of drug-likeness (QED) is 0.437. The van der Waals surface area contributed by atoms with Gasteiger partial charge in [0.25, 0.3) is 0 Å². The van der Waals surface area contributed by atoms with Crippen molar-refractivity contribution in [2.75, 3.05) is 32.9 Å². The van der Waals surface area contributed by atoms with Crippen LogP contribution in [0.5, 0.6) is 5.75 Å². The van der Waals surface area contributed by atoms with E-state index in [-0.39, 0.29) is 22.9 Å². The summed E-state index contributed by atoms with van der Waals surface area (Å²) >= 11 is 3.60. The lowest BCUT2D eigenvalue weighted by atomic mass is 9.71. The van der Waals surface area contributed by atoms with E-state index in [0.29, 0.717) is 6.04 Å². The molecule has 4 heterocycles.